The van der Waals surface area contributed by atoms with Gasteiger partial charge in [0.1, 0.15) is 0 Å². The van der Waals surface area contributed by atoms with Crippen LogP contribution in [-0.2, 0) is 0 Å². The van der Waals surface area contributed by atoms with Gasteiger partial charge in [-0.25, -0.2) is 0 Å². The number of aromatic nitrogens is 2. The van der Waals surface area contributed by atoms with Gasteiger partial charge >= 0.3 is 0 Å². The third-order valence-corrected chi connectivity index (χ3v) is 3.59. The van der Waals surface area contributed by atoms with E-state index in [2.05, 4.69) is 20.8 Å². The molecule has 0 unspecified atom stereocenters. The molecule has 100 valence electrons. The number of nitrogens with one attached hydrogen (secondary N) is 3. The van der Waals surface area contributed by atoms with Crippen molar-refractivity contribution in [1.29, 1.82) is 0 Å². The van der Waals surface area contributed by atoms with Gasteiger partial charge in [-0.2, -0.15) is 5.10 Å². The first-order valence-corrected chi connectivity index (χ1v) is 6.37. The maximum absolute atomic E-state index is 12.2. The fraction of sp³-hybridized carbons (Fsp3) is 0.385. The largest absolute Gasteiger partial charge is 0.346 e. The van der Waals surface area contributed by atoms with Gasteiger partial charge in [-0.05, 0) is 25.1 Å². The molecule has 1 aliphatic heterocycles. The topological polar surface area (TPSA) is 95.8 Å². The molecule has 1 saturated heterocycles. The van der Waals surface area contributed by atoms with Crippen LogP contribution in [-0.4, -0.2) is 41.3 Å². The molecule has 0 radical (unpaired) electrons. The van der Waals surface area contributed by atoms with E-state index in [0.717, 1.165) is 29.7 Å². The Bertz CT molecular complexity index is 621. The summed E-state index contributed by atoms with van der Waals surface area (Å²) in [7, 11) is 0. The van der Waals surface area contributed by atoms with Gasteiger partial charge in [0, 0.05) is 30.1 Å². The highest BCUT2D eigenvalue weighted by molar-refractivity contribution is 5.98. The quantitative estimate of drug-likeness (QED) is 0.605. The molecule has 3 rings (SSSR count). The molecule has 1 amide bonds. The number of H-pyrrole nitrogens is 1. The summed E-state index contributed by atoms with van der Waals surface area (Å²) >= 11 is 0. The lowest BCUT2D eigenvalue weighted by molar-refractivity contribution is 0.0937. The number of aryl methyl sites for hydroxylation is 1. The molecule has 0 spiro atoms. The Hall–Kier alpha value is -1.92. The van der Waals surface area contributed by atoms with Crippen molar-refractivity contribution in [3.05, 3.63) is 29.5 Å². The van der Waals surface area contributed by atoms with Crippen LogP contribution < -0.4 is 16.4 Å². The second kappa shape index (κ2) is 4.64. The first-order valence-electron chi connectivity index (χ1n) is 6.37. The summed E-state index contributed by atoms with van der Waals surface area (Å²) in [4.78, 5) is 12.2. The van der Waals surface area contributed by atoms with E-state index in [4.69, 9.17) is 5.73 Å². The molecular weight excluding hydrogens is 242 g/mol. The third kappa shape index (κ3) is 2.20. The molecule has 1 fully saturated rings. The number of carbonyl (C=O) groups excluding carboxylic acids is 1. The van der Waals surface area contributed by atoms with Gasteiger partial charge in [0.05, 0.1) is 17.3 Å². The lowest BCUT2D eigenvalue weighted by Crippen LogP contribution is -2.46. The van der Waals surface area contributed by atoms with Crippen molar-refractivity contribution < 1.29 is 4.79 Å². The molecule has 0 saturated carbocycles. The number of fused-ring (bicyclic) bond motifs is 1. The summed E-state index contributed by atoms with van der Waals surface area (Å²) in [6, 6.07) is 5.49. The second-order valence-electron chi connectivity index (χ2n) is 4.97. The minimum absolute atomic E-state index is 0.00589. The number of aromatic amines is 1. The smallest absolute Gasteiger partial charge is 0.251 e. The van der Waals surface area contributed by atoms with Crippen LogP contribution in [0.2, 0.25) is 0 Å². The van der Waals surface area contributed by atoms with Gasteiger partial charge < -0.3 is 16.4 Å². The molecule has 5 N–H and O–H groups in total. The fourth-order valence-electron chi connectivity index (χ4n) is 2.40. The number of benzene rings is 1. The number of nitrogens with two attached hydrogens (primary N) is 1. The Balaban J connectivity index is 1.82. The minimum Gasteiger partial charge on any atom is -0.346 e. The first kappa shape index (κ1) is 12.1. The van der Waals surface area contributed by atoms with Crippen LogP contribution in [0.4, 0.5) is 0 Å². The predicted molar refractivity (Wildman–Crippen MR) is 72.9 cm³/mol. The summed E-state index contributed by atoms with van der Waals surface area (Å²) in [5.74, 6) is -0.0911. The number of amides is 1. The summed E-state index contributed by atoms with van der Waals surface area (Å²) in [5, 5.41) is 14.1. The molecule has 1 aromatic heterocycles. The van der Waals surface area contributed by atoms with Crippen molar-refractivity contribution in [1.82, 2.24) is 20.8 Å². The maximum Gasteiger partial charge on any atom is 0.251 e. The van der Waals surface area contributed by atoms with Crippen molar-refractivity contribution in [2.75, 3.05) is 13.1 Å². The van der Waals surface area contributed by atoms with Gasteiger partial charge in [-0.3, -0.25) is 9.89 Å². The molecule has 0 bridgehead atoms. The average Bonchev–Trinajstić information content (AvgIpc) is 2.97. The zero-order valence-electron chi connectivity index (χ0n) is 10.7. The van der Waals surface area contributed by atoms with E-state index >= 15 is 0 Å². The van der Waals surface area contributed by atoms with Crippen LogP contribution in [0.3, 0.4) is 0 Å². The second-order valence-corrected chi connectivity index (χ2v) is 4.97. The lowest BCUT2D eigenvalue weighted by Gasteiger charge is -2.16. The van der Waals surface area contributed by atoms with Gasteiger partial charge in [0.15, 0.2) is 0 Å². The molecule has 2 atom stereocenters. The highest BCUT2D eigenvalue weighted by atomic mass is 16.1. The Morgan fingerprint density at radius 1 is 1.47 bits per heavy atom. The normalized spacial score (nSPS) is 22.8. The van der Waals surface area contributed by atoms with Crippen LogP contribution in [0.15, 0.2) is 18.2 Å². The molecule has 19 heavy (non-hydrogen) atoms. The molecule has 2 aromatic rings. The van der Waals surface area contributed by atoms with E-state index in [1.165, 1.54) is 0 Å². The summed E-state index contributed by atoms with van der Waals surface area (Å²) < 4.78 is 0. The molecule has 0 aliphatic carbocycles. The summed E-state index contributed by atoms with van der Waals surface area (Å²) in [5.41, 5.74) is 8.38. The van der Waals surface area contributed by atoms with Crippen LogP contribution in [0.25, 0.3) is 10.9 Å². The molecule has 6 heteroatoms. The molecule has 1 aliphatic rings. The number of carbonyl (C=O) groups is 1. The zero-order valence-corrected chi connectivity index (χ0v) is 10.7. The number of hydrogen-bond acceptors (Lipinski definition) is 4. The van der Waals surface area contributed by atoms with Crippen molar-refractivity contribution in [2.24, 2.45) is 5.73 Å². The van der Waals surface area contributed by atoms with Crippen LogP contribution in [0.5, 0.6) is 0 Å². The Morgan fingerprint density at radius 2 is 2.32 bits per heavy atom. The van der Waals surface area contributed by atoms with Gasteiger partial charge in [-0.1, -0.05) is 0 Å². The molecule has 6 nitrogen and oxygen atoms in total. The van der Waals surface area contributed by atoms with Gasteiger partial charge in [0.2, 0.25) is 0 Å². The van der Waals surface area contributed by atoms with Crippen molar-refractivity contribution >= 4 is 16.8 Å². The van der Waals surface area contributed by atoms with E-state index in [1.54, 1.807) is 6.07 Å². The summed E-state index contributed by atoms with van der Waals surface area (Å²) in [6.07, 6.45) is 0. The van der Waals surface area contributed by atoms with Crippen LogP contribution in [0.1, 0.15) is 16.1 Å². The maximum atomic E-state index is 12.2. The van der Waals surface area contributed by atoms with E-state index < -0.39 is 0 Å². The average molecular weight is 259 g/mol. The van der Waals surface area contributed by atoms with Gasteiger partial charge in [0.25, 0.3) is 5.91 Å². The number of hydrogen-bond donors (Lipinski definition) is 4. The minimum atomic E-state index is -0.0911. The van der Waals surface area contributed by atoms with Crippen molar-refractivity contribution in [2.45, 2.75) is 19.0 Å². The van der Waals surface area contributed by atoms with E-state index in [9.17, 15) is 4.79 Å². The van der Waals surface area contributed by atoms with Gasteiger partial charge in [-0.15, -0.1) is 0 Å². The Kier molecular flexibility index (Phi) is 2.96. The number of nitrogens with zero attached hydrogens (tertiary/aromatic N) is 1. The molecular formula is C13H17N5O. The van der Waals surface area contributed by atoms with Crippen molar-refractivity contribution in [3.63, 3.8) is 0 Å². The van der Waals surface area contributed by atoms with E-state index in [0.29, 0.717) is 5.56 Å². The Labute approximate surface area is 110 Å². The van der Waals surface area contributed by atoms with Crippen LogP contribution in [0, 0.1) is 6.92 Å². The van der Waals surface area contributed by atoms with Crippen LogP contribution >= 0.6 is 0 Å². The highest BCUT2D eigenvalue weighted by Crippen LogP contribution is 2.17. The number of rotatable bonds is 2. The zero-order chi connectivity index (χ0) is 13.4. The third-order valence-electron chi connectivity index (χ3n) is 3.59. The molecule has 2 heterocycles. The highest BCUT2D eigenvalue weighted by Gasteiger charge is 2.25. The first-order chi connectivity index (χ1) is 9.15. The van der Waals surface area contributed by atoms with E-state index in [1.807, 2.05) is 19.1 Å². The summed E-state index contributed by atoms with van der Waals surface area (Å²) in [6.45, 7) is 3.38. The fourth-order valence-corrected chi connectivity index (χ4v) is 2.40. The van der Waals surface area contributed by atoms with Crippen molar-refractivity contribution in [3.8, 4) is 0 Å². The standard InChI is InChI=1S/C13H17N5O/c1-7-9-4-8(2-3-11(9)18-17-7)13(19)16-12-6-15-5-10(12)14/h2-4,10,12,15H,5-6,14H2,1H3,(H,16,19)(H,17,18)/t10-,12-/m1/s1. The Morgan fingerprint density at radius 3 is 3.05 bits per heavy atom. The lowest BCUT2D eigenvalue weighted by atomic mass is 10.1. The SMILES string of the molecule is Cc1n[nH]c2ccc(C(=O)N[C@@H]3CNC[C@H]3N)cc12. The predicted octanol–water partition coefficient (Wildman–Crippen LogP) is -0.0998. The monoisotopic (exact) mass is 259 g/mol. The molecule has 1 aromatic carbocycles. The van der Waals surface area contributed by atoms with E-state index in [-0.39, 0.29) is 18.0 Å².